The van der Waals surface area contributed by atoms with Crippen LogP contribution >= 0.6 is 18.5 Å². The summed E-state index contributed by atoms with van der Waals surface area (Å²) in [6.07, 6.45) is 0. The Hall–Kier alpha value is -1.96. The SMILES string of the molecule is [B]C(C)(P)c1nc(-c2ccc(C(=C)Nc3ccccc3P)cc2)no1. The van der Waals surface area contributed by atoms with E-state index in [1.54, 1.807) is 6.92 Å². The van der Waals surface area contributed by atoms with Crippen LogP contribution in [0.15, 0.2) is 59.6 Å². The van der Waals surface area contributed by atoms with Crippen LogP contribution in [-0.2, 0) is 5.06 Å². The molecule has 0 aliphatic carbocycles. The van der Waals surface area contributed by atoms with Crippen molar-refractivity contribution in [3.63, 3.8) is 0 Å². The maximum atomic E-state index is 5.94. The molecule has 3 unspecified atom stereocenters. The van der Waals surface area contributed by atoms with Crippen molar-refractivity contribution in [2.24, 2.45) is 0 Å². The van der Waals surface area contributed by atoms with Gasteiger partial charge < -0.3 is 9.84 Å². The molecule has 2 aromatic carbocycles. The van der Waals surface area contributed by atoms with Gasteiger partial charge in [0.05, 0.1) is 7.85 Å². The second-order valence-electron chi connectivity index (χ2n) is 5.97. The predicted octanol–water partition coefficient (Wildman–Crippen LogP) is 3.54. The minimum absolute atomic E-state index is 0.375. The first-order valence-corrected chi connectivity index (χ1v) is 8.83. The van der Waals surface area contributed by atoms with E-state index >= 15 is 0 Å². The molecule has 0 amide bonds. The van der Waals surface area contributed by atoms with Crippen molar-refractivity contribution in [3.05, 3.63) is 66.6 Å². The number of aromatic nitrogens is 2. The maximum absolute atomic E-state index is 5.94. The number of nitrogens with one attached hydrogen (secondary N) is 1. The van der Waals surface area contributed by atoms with Crippen molar-refractivity contribution in [1.82, 2.24) is 10.1 Å². The van der Waals surface area contributed by atoms with Crippen LogP contribution in [0.25, 0.3) is 17.1 Å². The Morgan fingerprint density at radius 2 is 1.88 bits per heavy atom. The van der Waals surface area contributed by atoms with Crippen LogP contribution in [0.4, 0.5) is 5.69 Å². The molecule has 0 saturated carbocycles. The first kappa shape index (κ1) is 17.9. The number of nitrogens with zero attached hydrogens (tertiary/aromatic N) is 2. The first-order chi connectivity index (χ1) is 11.8. The third kappa shape index (κ3) is 4.18. The van der Waals surface area contributed by atoms with Gasteiger partial charge in [0.25, 0.3) is 0 Å². The Labute approximate surface area is 153 Å². The number of rotatable bonds is 5. The molecule has 1 aromatic heterocycles. The quantitative estimate of drug-likeness (QED) is 0.555. The Morgan fingerprint density at radius 1 is 1.20 bits per heavy atom. The third-order valence-corrected chi connectivity index (χ3v) is 4.38. The number of hydrogen-bond acceptors (Lipinski definition) is 4. The van der Waals surface area contributed by atoms with Gasteiger partial charge in [-0.15, -0.1) is 18.5 Å². The molecule has 4 nitrogen and oxygen atoms in total. The number of benzene rings is 2. The predicted molar refractivity (Wildman–Crippen MR) is 111 cm³/mol. The van der Waals surface area contributed by atoms with Crippen molar-refractivity contribution < 1.29 is 4.52 Å². The molecular formula is C18H18BN3OP2. The van der Waals surface area contributed by atoms with Crippen LogP contribution in [0.5, 0.6) is 0 Å². The van der Waals surface area contributed by atoms with Crippen LogP contribution in [-0.4, -0.2) is 18.0 Å². The topological polar surface area (TPSA) is 51.0 Å². The van der Waals surface area contributed by atoms with Gasteiger partial charge in [-0.2, -0.15) is 4.98 Å². The smallest absolute Gasteiger partial charge is 0.227 e. The Bertz CT molecular complexity index is 901. The molecule has 7 heteroatoms. The zero-order valence-electron chi connectivity index (χ0n) is 13.9. The summed E-state index contributed by atoms with van der Waals surface area (Å²) >= 11 is 0. The highest BCUT2D eigenvalue weighted by Gasteiger charge is 2.21. The van der Waals surface area contributed by atoms with E-state index in [2.05, 4.69) is 40.5 Å². The largest absolute Gasteiger partial charge is 0.355 e. The van der Waals surface area contributed by atoms with E-state index in [4.69, 9.17) is 12.4 Å². The molecule has 0 aliphatic rings. The lowest BCUT2D eigenvalue weighted by Crippen LogP contribution is -2.12. The van der Waals surface area contributed by atoms with Gasteiger partial charge in [-0.05, 0) is 16.9 Å². The summed E-state index contributed by atoms with van der Waals surface area (Å²) in [7, 11) is 11.1. The summed E-state index contributed by atoms with van der Waals surface area (Å²) in [6.45, 7) is 5.90. The molecule has 0 spiro atoms. The molecule has 3 aromatic rings. The molecule has 3 rings (SSSR count). The Morgan fingerprint density at radius 3 is 2.48 bits per heavy atom. The van der Waals surface area contributed by atoms with Gasteiger partial charge in [0.1, 0.15) is 0 Å². The van der Waals surface area contributed by atoms with Crippen LogP contribution in [0.3, 0.4) is 0 Å². The van der Waals surface area contributed by atoms with Crippen molar-refractivity contribution in [2.45, 2.75) is 12.0 Å². The summed E-state index contributed by atoms with van der Waals surface area (Å²) in [5.41, 5.74) is 3.66. The fraction of sp³-hybridized carbons (Fsp3) is 0.111. The van der Waals surface area contributed by atoms with Gasteiger partial charge in [0.2, 0.25) is 11.7 Å². The molecule has 2 radical (unpaired) electrons. The maximum Gasteiger partial charge on any atom is 0.227 e. The summed E-state index contributed by atoms with van der Waals surface area (Å²) in [6, 6.07) is 15.8. The molecule has 1 heterocycles. The van der Waals surface area contributed by atoms with E-state index in [0.717, 1.165) is 27.8 Å². The van der Waals surface area contributed by atoms with E-state index in [1.807, 2.05) is 48.5 Å². The lowest BCUT2D eigenvalue weighted by atomic mass is 9.88. The van der Waals surface area contributed by atoms with Crippen molar-refractivity contribution in [2.75, 3.05) is 5.32 Å². The average molecular weight is 365 g/mol. The highest BCUT2D eigenvalue weighted by Crippen LogP contribution is 2.28. The van der Waals surface area contributed by atoms with E-state index < -0.39 is 5.06 Å². The minimum Gasteiger partial charge on any atom is -0.355 e. The number of hydrogen-bond donors (Lipinski definition) is 1. The van der Waals surface area contributed by atoms with Gasteiger partial charge in [-0.25, -0.2) is 0 Å². The lowest BCUT2D eigenvalue weighted by molar-refractivity contribution is 0.372. The molecule has 0 bridgehead atoms. The fourth-order valence-electron chi connectivity index (χ4n) is 2.23. The van der Waals surface area contributed by atoms with Crippen molar-refractivity contribution in [1.29, 1.82) is 0 Å². The molecule has 0 saturated heterocycles. The number of anilines is 1. The summed E-state index contributed by atoms with van der Waals surface area (Å²) < 4.78 is 5.21. The first-order valence-electron chi connectivity index (χ1n) is 7.68. The zero-order chi connectivity index (χ0) is 18.0. The molecule has 0 fully saturated rings. The van der Waals surface area contributed by atoms with Crippen molar-refractivity contribution in [3.8, 4) is 11.4 Å². The van der Waals surface area contributed by atoms with E-state index in [9.17, 15) is 0 Å². The van der Waals surface area contributed by atoms with E-state index in [1.165, 1.54) is 0 Å². The third-order valence-electron chi connectivity index (χ3n) is 3.62. The zero-order valence-corrected chi connectivity index (χ0v) is 16.2. The lowest BCUT2D eigenvalue weighted by Gasteiger charge is -2.12. The molecule has 3 atom stereocenters. The van der Waals surface area contributed by atoms with Crippen LogP contribution < -0.4 is 10.6 Å². The monoisotopic (exact) mass is 365 g/mol. The molecule has 1 N–H and O–H groups in total. The van der Waals surface area contributed by atoms with Gasteiger partial charge in [0.15, 0.2) is 0 Å². The highest BCUT2D eigenvalue weighted by atomic mass is 31.0. The fourth-order valence-corrected chi connectivity index (χ4v) is 2.62. The van der Waals surface area contributed by atoms with Gasteiger partial charge in [-0.3, -0.25) is 0 Å². The molecule has 0 aliphatic heterocycles. The summed E-state index contributed by atoms with van der Waals surface area (Å²) in [4.78, 5) is 4.34. The van der Waals surface area contributed by atoms with Crippen LogP contribution in [0, 0.1) is 0 Å². The summed E-state index contributed by atoms with van der Waals surface area (Å²) in [5.74, 6) is 0.884. The highest BCUT2D eigenvalue weighted by molar-refractivity contribution is 7.28. The normalized spacial score (nSPS) is 13.2. The molecular weight excluding hydrogens is 347 g/mol. The molecule has 124 valence electrons. The standard InChI is InChI=1S/C18H18BN3OP2/c1-11(20-14-5-3-4-6-15(14)24)12-7-9-13(10-8-12)16-21-17(23-22-16)18(2,19)25/h3-10,20H,1,24-25H2,2H3. The van der Waals surface area contributed by atoms with E-state index in [0.29, 0.717) is 11.7 Å². The minimum atomic E-state index is -0.741. The Balaban J connectivity index is 1.77. The van der Waals surface area contributed by atoms with E-state index in [-0.39, 0.29) is 0 Å². The van der Waals surface area contributed by atoms with Gasteiger partial charge >= 0.3 is 0 Å². The Kier molecular flexibility index (Phi) is 5.08. The molecule has 25 heavy (non-hydrogen) atoms. The van der Waals surface area contributed by atoms with Crippen molar-refractivity contribution >= 4 is 43.0 Å². The average Bonchev–Trinajstić information content (AvgIpc) is 3.07. The van der Waals surface area contributed by atoms with Gasteiger partial charge in [0, 0.05) is 22.0 Å². The van der Waals surface area contributed by atoms with Crippen LogP contribution in [0.2, 0.25) is 0 Å². The second kappa shape index (κ2) is 7.11. The second-order valence-corrected chi connectivity index (χ2v) is 7.80. The van der Waals surface area contributed by atoms with Gasteiger partial charge in [-0.1, -0.05) is 61.1 Å². The van der Waals surface area contributed by atoms with Crippen LogP contribution in [0.1, 0.15) is 18.4 Å². The number of para-hydroxylation sites is 1. The summed E-state index contributed by atoms with van der Waals surface area (Å²) in [5, 5.41) is 7.66.